The van der Waals surface area contributed by atoms with Crippen LogP contribution < -0.4 is 5.32 Å². The standard InChI is InChI=1S/C27H20ClN3/c28-24-17-22(19-10-4-1-5-11-19)16-23(18-24)27-30-25(20-12-6-2-7-13-20)29-26(31-27)21-14-8-3-9-15-21/h1-18,27H,(H,29,30,31). The Labute approximate surface area is 186 Å². The van der Waals surface area contributed by atoms with Gasteiger partial charge in [0.1, 0.15) is 11.7 Å². The summed E-state index contributed by atoms with van der Waals surface area (Å²) in [6.07, 6.45) is -0.396. The number of halogens is 1. The first-order valence-electron chi connectivity index (χ1n) is 10.2. The molecule has 1 heterocycles. The molecule has 4 aromatic carbocycles. The average Bonchev–Trinajstić information content (AvgIpc) is 2.85. The Morgan fingerprint density at radius 1 is 0.548 bits per heavy atom. The number of rotatable bonds is 4. The topological polar surface area (TPSA) is 36.8 Å². The van der Waals surface area contributed by atoms with Crippen molar-refractivity contribution in [3.8, 4) is 11.1 Å². The highest BCUT2D eigenvalue weighted by atomic mass is 35.5. The summed E-state index contributed by atoms with van der Waals surface area (Å²) in [5.41, 5.74) is 5.14. The van der Waals surface area contributed by atoms with Crippen molar-refractivity contribution in [3.05, 3.63) is 131 Å². The van der Waals surface area contributed by atoms with E-state index in [1.165, 1.54) is 0 Å². The third-order valence-electron chi connectivity index (χ3n) is 5.16. The quantitative estimate of drug-likeness (QED) is 0.401. The SMILES string of the molecule is Clc1cc(-c2ccccc2)cc(C2N=C(c3ccccc3)NC(c3ccccc3)=N2)c1. The largest absolute Gasteiger partial charge is 0.324 e. The highest BCUT2D eigenvalue weighted by Gasteiger charge is 2.21. The van der Waals surface area contributed by atoms with Crippen molar-refractivity contribution in [2.75, 3.05) is 0 Å². The Morgan fingerprint density at radius 2 is 1.03 bits per heavy atom. The molecule has 0 atom stereocenters. The lowest BCUT2D eigenvalue weighted by atomic mass is 10.0. The highest BCUT2D eigenvalue weighted by molar-refractivity contribution is 6.31. The molecule has 0 spiro atoms. The van der Waals surface area contributed by atoms with E-state index in [2.05, 4.69) is 23.5 Å². The predicted molar refractivity (Wildman–Crippen MR) is 129 cm³/mol. The monoisotopic (exact) mass is 421 g/mol. The minimum atomic E-state index is -0.396. The zero-order valence-corrected chi connectivity index (χ0v) is 17.5. The maximum Gasteiger partial charge on any atom is 0.169 e. The summed E-state index contributed by atoms with van der Waals surface area (Å²) in [5, 5.41) is 4.08. The lowest BCUT2D eigenvalue weighted by molar-refractivity contribution is 0.756. The first kappa shape index (κ1) is 19.3. The van der Waals surface area contributed by atoms with Crippen LogP contribution in [0.2, 0.25) is 5.02 Å². The molecule has 4 heteroatoms. The van der Waals surface area contributed by atoms with E-state index in [0.29, 0.717) is 5.02 Å². The normalized spacial score (nSPS) is 13.8. The molecule has 0 amide bonds. The van der Waals surface area contributed by atoms with Crippen LogP contribution in [0.3, 0.4) is 0 Å². The van der Waals surface area contributed by atoms with E-state index in [9.17, 15) is 0 Å². The minimum Gasteiger partial charge on any atom is -0.324 e. The molecule has 0 bridgehead atoms. The van der Waals surface area contributed by atoms with Crippen molar-refractivity contribution in [2.24, 2.45) is 9.98 Å². The third kappa shape index (κ3) is 4.27. The van der Waals surface area contributed by atoms with Gasteiger partial charge in [-0.25, -0.2) is 9.98 Å². The van der Waals surface area contributed by atoms with E-state index in [0.717, 1.165) is 39.5 Å². The third-order valence-corrected chi connectivity index (χ3v) is 5.38. The number of nitrogens with one attached hydrogen (secondary N) is 1. The summed E-state index contributed by atoms with van der Waals surface area (Å²) in [6, 6.07) is 36.5. The second-order valence-corrected chi connectivity index (χ2v) is 7.76. The number of aliphatic imine (C=N–C) groups is 2. The van der Waals surface area contributed by atoms with Crippen molar-refractivity contribution in [3.63, 3.8) is 0 Å². The van der Waals surface area contributed by atoms with Gasteiger partial charge in [-0.15, -0.1) is 0 Å². The van der Waals surface area contributed by atoms with Gasteiger partial charge in [0.05, 0.1) is 0 Å². The van der Waals surface area contributed by atoms with E-state index >= 15 is 0 Å². The van der Waals surface area contributed by atoms with Gasteiger partial charge in [-0.2, -0.15) is 0 Å². The van der Waals surface area contributed by atoms with E-state index in [1.807, 2.05) is 91.0 Å². The van der Waals surface area contributed by atoms with Gasteiger partial charge < -0.3 is 5.32 Å². The second-order valence-electron chi connectivity index (χ2n) is 7.33. The fraction of sp³-hybridized carbons (Fsp3) is 0.0370. The number of amidine groups is 2. The van der Waals surface area contributed by atoms with Crippen LogP contribution >= 0.6 is 11.6 Å². The van der Waals surface area contributed by atoms with Crippen molar-refractivity contribution in [1.82, 2.24) is 5.32 Å². The smallest absolute Gasteiger partial charge is 0.169 e. The summed E-state index contributed by atoms with van der Waals surface area (Å²) in [4.78, 5) is 9.87. The maximum absolute atomic E-state index is 6.51. The average molecular weight is 422 g/mol. The number of nitrogens with zero attached hydrogens (tertiary/aromatic N) is 2. The Bertz CT molecular complexity index is 1190. The van der Waals surface area contributed by atoms with Gasteiger partial charge in [-0.3, -0.25) is 0 Å². The molecule has 3 nitrogen and oxygen atoms in total. The molecule has 1 N–H and O–H groups in total. The van der Waals surface area contributed by atoms with Crippen LogP contribution in [0.25, 0.3) is 11.1 Å². The Hall–Kier alpha value is -3.69. The summed E-state index contributed by atoms with van der Waals surface area (Å²) in [7, 11) is 0. The van der Waals surface area contributed by atoms with Crippen molar-refractivity contribution < 1.29 is 0 Å². The van der Waals surface area contributed by atoms with Crippen molar-refractivity contribution in [1.29, 1.82) is 0 Å². The van der Waals surface area contributed by atoms with E-state index in [1.54, 1.807) is 0 Å². The van der Waals surface area contributed by atoms with Crippen LogP contribution in [0.4, 0.5) is 0 Å². The van der Waals surface area contributed by atoms with Gasteiger partial charge in [0.2, 0.25) is 0 Å². The molecular formula is C27H20ClN3. The van der Waals surface area contributed by atoms with Crippen LogP contribution in [0.5, 0.6) is 0 Å². The number of hydrogen-bond acceptors (Lipinski definition) is 3. The van der Waals surface area contributed by atoms with Crippen LogP contribution in [0.1, 0.15) is 22.9 Å². The van der Waals surface area contributed by atoms with Crippen LogP contribution in [0.15, 0.2) is 119 Å². The van der Waals surface area contributed by atoms with Gasteiger partial charge in [0.25, 0.3) is 0 Å². The highest BCUT2D eigenvalue weighted by Crippen LogP contribution is 2.31. The predicted octanol–water partition coefficient (Wildman–Crippen LogP) is 6.50. The van der Waals surface area contributed by atoms with Gasteiger partial charge in [-0.1, -0.05) is 103 Å². The molecule has 5 rings (SSSR count). The zero-order chi connectivity index (χ0) is 21.0. The first-order chi connectivity index (χ1) is 15.3. The van der Waals surface area contributed by atoms with E-state index in [4.69, 9.17) is 21.6 Å². The molecule has 0 radical (unpaired) electrons. The Morgan fingerprint density at radius 3 is 1.55 bits per heavy atom. The first-order valence-corrected chi connectivity index (χ1v) is 10.5. The molecule has 31 heavy (non-hydrogen) atoms. The van der Waals surface area contributed by atoms with Crippen molar-refractivity contribution in [2.45, 2.75) is 6.17 Å². The van der Waals surface area contributed by atoms with Gasteiger partial charge in [0, 0.05) is 21.7 Å². The van der Waals surface area contributed by atoms with Crippen molar-refractivity contribution >= 4 is 23.3 Å². The summed E-state index contributed by atoms with van der Waals surface area (Å²) >= 11 is 6.51. The fourth-order valence-corrected chi connectivity index (χ4v) is 3.89. The van der Waals surface area contributed by atoms with Crippen LogP contribution in [0, 0.1) is 0 Å². The Kier molecular flexibility index (Phi) is 5.34. The van der Waals surface area contributed by atoms with E-state index in [-0.39, 0.29) is 0 Å². The summed E-state index contributed by atoms with van der Waals surface area (Å²) < 4.78 is 0. The van der Waals surface area contributed by atoms with Gasteiger partial charge in [0.15, 0.2) is 6.17 Å². The summed E-state index contributed by atoms with van der Waals surface area (Å²) in [6.45, 7) is 0. The maximum atomic E-state index is 6.51. The van der Waals surface area contributed by atoms with E-state index < -0.39 is 6.17 Å². The molecule has 0 aromatic heterocycles. The van der Waals surface area contributed by atoms with Gasteiger partial charge in [-0.05, 0) is 29.3 Å². The van der Waals surface area contributed by atoms with Crippen LogP contribution in [-0.2, 0) is 0 Å². The second kappa shape index (κ2) is 8.58. The number of benzene rings is 4. The molecule has 0 fully saturated rings. The molecule has 0 saturated heterocycles. The molecule has 1 aliphatic rings. The minimum absolute atomic E-state index is 0.396. The molecule has 1 aliphatic heterocycles. The molecule has 0 aliphatic carbocycles. The number of hydrogen-bond donors (Lipinski definition) is 1. The lowest BCUT2D eigenvalue weighted by Gasteiger charge is -2.23. The molecule has 150 valence electrons. The molecular weight excluding hydrogens is 402 g/mol. The lowest BCUT2D eigenvalue weighted by Crippen LogP contribution is -2.36. The van der Waals surface area contributed by atoms with Gasteiger partial charge >= 0.3 is 0 Å². The molecule has 0 saturated carbocycles. The fourth-order valence-electron chi connectivity index (χ4n) is 3.64. The molecule has 4 aromatic rings. The molecule has 0 unspecified atom stereocenters. The Balaban J connectivity index is 1.61. The summed E-state index contributed by atoms with van der Waals surface area (Å²) in [5.74, 6) is 1.58. The van der Waals surface area contributed by atoms with Crippen LogP contribution in [-0.4, -0.2) is 11.7 Å². The zero-order valence-electron chi connectivity index (χ0n) is 16.7.